The van der Waals surface area contributed by atoms with Gasteiger partial charge < -0.3 is 15.4 Å². The Hall–Kier alpha value is -2.49. The molecule has 0 fully saturated rings. The number of amides is 1. The summed E-state index contributed by atoms with van der Waals surface area (Å²) in [5.74, 6) is 0.748. The number of carbonyl (C=O) groups excluding carboxylic acids is 1. The van der Waals surface area contributed by atoms with Crippen LogP contribution in [0.3, 0.4) is 0 Å². The number of likely N-dealkylation sites (N-methyl/N-ethyl adjacent to an activating group) is 1. The standard InChI is InChI=1S/C16H18N2O2/c1-18(14-4-3-5-15(11-14)20-2)16(19)10-12-6-8-13(17)9-7-12/h3-9,11H,10,17H2,1-2H3. The van der Waals surface area contributed by atoms with Crippen LogP contribution in [0.25, 0.3) is 0 Å². The SMILES string of the molecule is COc1cccc(N(C)C(=O)Cc2ccc(N)cc2)c1. The zero-order chi connectivity index (χ0) is 14.5. The third-order valence-electron chi connectivity index (χ3n) is 3.15. The molecule has 20 heavy (non-hydrogen) atoms. The van der Waals surface area contributed by atoms with E-state index in [9.17, 15) is 4.79 Å². The Morgan fingerprint density at radius 2 is 1.90 bits per heavy atom. The van der Waals surface area contributed by atoms with Crippen molar-refractivity contribution in [1.82, 2.24) is 0 Å². The molecule has 0 saturated carbocycles. The Bertz CT molecular complexity index is 594. The first-order valence-electron chi connectivity index (χ1n) is 6.35. The molecule has 0 aliphatic rings. The lowest BCUT2D eigenvalue weighted by molar-refractivity contribution is -0.117. The van der Waals surface area contributed by atoms with Crippen LogP contribution in [0.1, 0.15) is 5.56 Å². The summed E-state index contributed by atoms with van der Waals surface area (Å²) >= 11 is 0. The second kappa shape index (κ2) is 6.10. The fraction of sp³-hybridized carbons (Fsp3) is 0.188. The van der Waals surface area contributed by atoms with Crippen LogP contribution < -0.4 is 15.4 Å². The minimum absolute atomic E-state index is 0.0167. The minimum atomic E-state index is 0.0167. The van der Waals surface area contributed by atoms with Gasteiger partial charge in [0.1, 0.15) is 5.75 Å². The van der Waals surface area contributed by atoms with E-state index in [-0.39, 0.29) is 5.91 Å². The van der Waals surface area contributed by atoms with Gasteiger partial charge in [-0.3, -0.25) is 4.79 Å². The number of nitrogens with two attached hydrogens (primary N) is 1. The molecule has 0 unspecified atom stereocenters. The number of carbonyl (C=O) groups is 1. The molecule has 4 heteroatoms. The Kier molecular flexibility index (Phi) is 4.25. The highest BCUT2D eigenvalue weighted by Crippen LogP contribution is 2.20. The zero-order valence-electron chi connectivity index (χ0n) is 11.7. The van der Waals surface area contributed by atoms with E-state index < -0.39 is 0 Å². The minimum Gasteiger partial charge on any atom is -0.497 e. The van der Waals surface area contributed by atoms with Crippen LogP contribution in [-0.2, 0) is 11.2 Å². The maximum absolute atomic E-state index is 12.3. The van der Waals surface area contributed by atoms with E-state index in [1.54, 1.807) is 31.2 Å². The van der Waals surface area contributed by atoms with Crippen LogP contribution in [-0.4, -0.2) is 20.1 Å². The van der Waals surface area contributed by atoms with Gasteiger partial charge in [0.05, 0.1) is 13.5 Å². The lowest BCUT2D eigenvalue weighted by Crippen LogP contribution is -2.27. The summed E-state index contributed by atoms with van der Waals surface area (Å²) in [6.07, 6.45) is 0.341. The summed E-state index contributed by atoms with van der Waals surface area (Å²) in [6.45, 7) is 0. The van der Waals surface area contributed by atoms with Crippen molar-refractivity contribution in [3.05, 3.63) is 54.1 Å². The van der Waals surface area contributed by atoms with Crippen LogP contribution in [0.5, 0.6) is 5.75 Å². The van der Waals surface area contributed by atoms with Crippen LogP contribution in [0, 0.1) is 0 Å². The summed E-state index contributed by atoms with van der Waals surface area (Å²) in [6, 6.07) is 14.8. The maximum Gasteiger partial charge on any atom is 0.231 e. The van der Waals surface area contributed by atoms with Crippen LogP contribution in [0.2, 0.25) is 0 Å². The van der Waals surface area contributed by atoms with Gasteiger partial charge in [-0.15, -0.1) is 0 Å². The van der Waals surface area contributed by atoms with E-state index in [1.807, 2.05) is 36.4 Å². The Balaban J connectivity index is 2.09. The summed E-state index contributed by atoms with van der Waals surface area (Å²) < 4.78 is 5.16. The molecule has 0 atom stereocenters. The molecular formula is C16H18N2O2. The molecule has 0 aliphatic carbocycles. The fourth-order valence-corrected chi connectivity index (χ4v) is 1.89. The van der Waals surface area contributed by atoms with Gasteiger partial charge in [0.15, 0.2) is 0 Å². The monoisotopic (exact) mass is 270 g/mol. The largest absolute Gasteiger partial charge is 0.497 e. The number of hydrogen-bond acceptors (Lipinski definition) is 3. The van der Waals surface area contributed by atoms with Crippen LogP contribution >= 0.6 is 0 Å². The molecule has 2 aromatic carbocycles. The summed E-state index contributed by atoms with van der Waals surface area (Å²) in [5.41, 5.74) is 8.08. The molecule has 0 aliphatic heterocycles. The van der Waals surface area contributed by atoms with E-state index >= 15 is 0 Å². The number of ether oxygens (including phenoxy) is 1. The van der Waals surface area contributed by atoms with Crippen LogP contribution in [0.4, 0.5) is 11.4 Å². The lowest BCUT2D eigenvalue weighted by atomic mass is 10.1. The number of benzene rings is 2. The van der Waals surface area contributed by atoms with Crippen molar-refractivity contribution in [2.45, 2.75) is 6.42 Å². The van der Waals surface area contributed by atoms with Crippen LogP contribution in [0.15, 0.2) is 48.5 Å². The molecule has 0 aromatic heterocycles. The first kappa shape index (κ1) is 13.9. The molecule has 104 valence electrons. The molecule has 0 spiro atoms. The van der Waals surface area contributed by atoms with Crippen molar-refractivity contribution < 1.29 is 9.53 Å². The maximum atomic E-state index is 12.3. The Morgan fingerprint density at radius 3 is 2.55 bits per heavy atom. The topological polar surface area (TPSA) is 55.6 Å². The van der Waals surface area contributed by atoms with Crippen molar-refractivity contribution in [2.75, 3.05) is 24.8 Å². The average Bonchev–Trinajstić information content (AvgIpc) is 2.48. The molecule has 0 heterocycles. The third-order valence-corrected chi connectivity index (χ3v) is 3.15. The second-order valence-electron chi connectivity index (χ2n) is 4.57. The van der Waals surface area contributed by atoms with E-state index in [4.69, 9.17) is 10.5 Å². The van der Waals surface area contributed by atoms with Gasteiger partial charge in [0, 0.05) is 24.5 Å². The van der Waals surface area contributed by atoms with E-state index in [1.165, 1.54) is 0 Å². The molecule has 0 radical (unpaired) electrons. The Labute approximate surface area is 118 Å². The quantitative estimate of drug-likeness (QED) is 0.868. The van der Waals surface area contributed by atoms with Gasteiger partial charge >= 0.3 is 0 Å². The molecule has 0 bridgehead atoms. The number of hydrogen-bond donors (Lipinski definition) is 1. The molecule has 4 nitrogen and oxygen atoms in total. The lowest BCUT2D eigenvalue weighted by Gasteiger charge is -2.18. The summed E-state index contributed by atoms with van der Waals surface area (Å²) in [5, 5.41) is 0. The first-order chi connectivity index (χ1) is 9.60. The van der Waals surface area contributed by atoms with Gasteiger partial charge in [0.25, 0.3) is 0 Å². The first-order valence-corrected chi connectivity index (χ1v) is 6.35. The fourth-order valence-electron chi connectivity index (χ4n) is 1.89. The van der Waals surface area contributed by atoms with Crippen molar-refractivity contribution >= 4 is 17.3 Å². The Morgan fingerprint density at radius 1 is 1.20 bits per heavy atom. The van der Waals surface area contributed by atoms with E-state index in [0.717, 1.165) is 17.0 Å². The van der Waals surface area contributed by atoms with Gasteiger partial charge in [0.2, 0.25) is 5.91 Å². The molecule has 1 amide bonds. The van der Waals surface area contributed by atoms with E-state index in [2.05, 4.69) is 0 Å². The van der Waals surface area contributed by atoms with Gasteiger partial charge in [-0.1, -0.05) is 18.2 Å². The predicted octanol–water partition coefficient (Wildman–Crippen LogP) is 2.48. The predicted molar refractivity (Wildman–Crippen MR) is 81.0 cm³/mol. The van der Waals surface area contributed by atoms with Crippen molar-refractivity contribution in [1.29, 1.82) is 0 Å². The highest BCUT2D eigenvalue weighted by Gasteiger charge is 2.12. The number of nitrogens with zero attached hydrogens (tertiary/aromatic N) is 1. The van der Waals surface area contributed by atoms with E-state index in [0.29, 0.717) is 12.1 Å². The van der Waals surface area contributed by atoms with Crippen molar-refractivity contribution in [2.24, 2.45) is 0 Å². The molecule has 2 rings (SSSR count). The van der Waals surface area contributed by atoms with Crippen molar-refractivity contribution in [3.8, 4) is 5.75 Å². The summed E-state index contributed by atoms with van der Waals surface area (Å²) in [4.78, 5) is 13.9. The highest BCUT2D eigenvalue weighted by atomic mass is 16.5. The number of anilines is 2. The number of methoxy groups -OCH3 is 1. The third kappa shape index (κ3) is 3.29. The number of rotatable bonds is 4. The summed E-state index contributed by atoms with van der Waals surface area (Å²) in [7, 11) is 3.36. The number of nitrogen functional groups attached to an aromatic ring is 1. The van der Waals surface area contributed by atoms with Gasteiger partial charge in [-0.2, -0.15) is 0 Å². The zero-order valence-corrected chi connectivity index (χ0v) is 11.7. The molecule has 2 N–H and O–H groups in total. The van der Waals surface area contributed by atoms with Crippen molar-refractivity contribution in [3.63, 3.8) is 0 Å². The smallest absolute Gasteiger partial charge is 0.231 e. The second-order valence-corrected chi connectivity index (χ2v) is 4.57. The molecular weight excluding hydrogens is 252 g/mol. The average molecular weight is 270 g/mol. The normalized spacial score (nSPS) is 10.1. The van der Waals surface area contributed by atoms with Gasteiger partial charge in [-0.05, 0) is 29.8 Å². The molecule has 0 saturated heterocycles. The van der Waals surface area contributed by atoms with Gasteiger partial charge in [-0.25, -0.2) is 0 Å². The molecule has 2 aromatic rings. The highest BCUT2D eigenvalue weighted by molar-refractivity contribution is 5.94.